The minimum absolute atomic E-state index is 0.0340. The van der Waals surface area contributed by atoms with Crippen LogP contribution in [0.2, 0.25) is 0 Å². The van der Waals surface area contributed by atoms with Gasteiger partial charge in [0.2, 0.25) is 11.8 Å². The molecular weight excluding hydrogens is 352 g/mol. The van der Waals surface area contributed by atoms with Crippen LogP contribution in [0.5, 0.6) is 5.75 Å². The van der Waals surface area contributed by atoms with E-state index >= 15 is 0 Å². The van der Waals surface area contributed by atoms with Crippen LogP contribution < -0.4 is 4.74 Å². The minimum atomic E-state index is -2.88. The lowest BCUT2D eigenvalue weighted by molar-refractivity contribution is -0.128. The van der Waals surface area contributed by atoms with Crippen molar-refractivity contribution in [3.63, 3.8) is 0 Å². The molecule has 0 unspecified atom stereocenters. The lowest BCUT2D eigenvalue weighted by Gasteiger charge is -2.21. The van der Waals surface area contributed by atoms with Gasteiger partial charge in [0.15, 0.2) is 0 Å². The van der Waals surface area contributed by atoms with Crippen molar-refractivity contribution in [1.29, 1.82) is 0 Å². The van der Waals surface area contributed by atoms with Gasteiger partial charge >= 0.3 is 6.61 Å². The third kappa shape index (κ3) is 5.15. The molecule has 1 atom stereocenters. The standard InChI is InChI=1S/C16H19F2N3O3S/c1-9(2)12(14(22)21(3)4)25-16-20-19-13(24-16)10-5-7-11(8-6-10)23-15(17)18/h5-9,12,15H,1-4H3/t12-/m0/s1. The van der Waals surface area contributed by atoms with Crippen molar-refractivity contribution >= 4 is 17.7 Å². The number of amides is 1. The summed E-state index contributed by atoms with van der Waals surface area (Å²) < 4.78 is 34.2. The summed E-state index contributed by atoms with van der Waals surface area (Å²) >= 11 is 1.20. The van der Waals surface area contributed by atoms with E-state index in [1.54, 1.807) is 26.2 Å². The molecule has 0 aliphatic heterocycles. The molecule has 0 spiro atoms. The van der Waals surface area contributed by atoms with E-state index in [-0.39, 0.29) is 33.9 Å². The predicted octanol–water partition coefficient (Wildman–Crippen LogP) is 3.54. The Morgan fingerprint density at radius 2 is 1.84 bits per heavy atom. The summed E-state index contributed by atoms with van der Waals surface area (Å²) in [4.78, 5) is 13.8. The van der Waals surface area contributed by atoms with Crippen LogP contribution in [0.3, 0.4) is 0 Å². The Labute approximate surface area is 148 Å². The molecule has 9 heteroatoms. The number of carbonyl (C=O) groups excluding carboxylic acids is 1. The summed E-state index contributed by atoms with van der Waals surface area (Å²) in [6.45, 7) is 1.01. The quantitative estimate of drug-likeness (QED) is 0.694. The van der Waals surface area contributed by atoms with Crippen LogP contribution in [0, 0.1) is 5.92 Å². The van der Waals surface area contributed by atoms with E-state index in [1.807, 2.05) is 13.8 Å². The van der Waals surface area contributed by atoms with E-state index in [1.165, 1.54) is 28.8 Å². The van der Waals surface area contributed by atoms with Crippen molar-refractivity contribution in [1.82, 2.24) is 15.1 Å². The number of thioether (sulfide) groups is 1. The molecule has 2 aromatic rings. The van der Waals surface area contributed by atoms with Crippen molar-refractivity contribution in [3.05, 3.63) is 24.3 Å². The summed E-state index contributed by atoms with van der Waals surface area (Å²) in [7, 11) is 3.39. The molecule has 0 aliphatic carbocycles. The van der Waals surface area contributed by atoms with Crippen molar-refractivity contribution in [2.75, 3.05) is 14.1 Å². The summed E-state index contributed by atoms with van der Waals surface area (Å²) in [5.41, 5.74) is 0.570. The molecule has 1 heterocycles. The van der Waals surface area contributed by atoms with Crippen molar-refractivity contribution < 1.29 is 22.7 Å². The van der Waals surface area contributed by atoms with Crippen molar-refractivity contribution in [2.24, 2.45) is 5.92 Å². The molecule has 0 aliphatic rings. The zero-order chi connectivity index (χ0) is 18.6. The van der Waals surface area contributed by atoms with Gasteiger partial charge in [-0.1, -0.05) is 25.6 Å². The topological polar surface area (TPSA) is 68.5 Å². The summed E-state index contributed by atoms with van der Waals surface area (Å²) in [6.07, 6.45) is 0. The number of benzene rings is 1. The third-order valence-electron chi connectivity index (χ3n) is 3.25. The minimum Gasteiger partial charge on any atom is -0.435 e. The van der Waals surface area contributed by atoms with E-state index in [2.05, 4.69) is 14.9 Å². The van der Waals surface area contributed by atoms with Crippen LogP contribution in [0.4, 0.5) is 8.78 Å². The molecule has 1 amide bonds. The second-order valence-corrected chi connectivity index (χ2v) is 6.88. The van der Waals surface area contributed by atoms with Crippen molar-refractivity contribution in [3.8, 4) is 17.2 Å². The molecule has 136 valence electrons. The van der Waals surface area contributed by atoms with Crippen LogP contribution in [-0.4, -0.2) is 47.0 Å². The summed E-state index contributed by atoms with van der Waals surface area (Å²) in [5, 5.41) is 7.83. The smallest absolute Gasteiger partial charge is 0.387 e. The fourth-order valence-electron chi connectivity index (χ4n) is 1.99. The first-order chi connectivity index (χ1) is 11.8. The van der Waals surface area contributed by atoms with Gasteiger partial charge in [-0.05, 0) is 30.2 Å². The molecule has 6 nitrogen and oxygen atoms in total. The molecular formula is C16H19F2N3O3S. The molecule has 0 fully saturated rings. The lowest BCUT2D eigenvalue weighted by atomic mass is 10.1. The highest BCUT2D eigenvalue weighted by molar-refractivity contribution is 8.00. The number of hydrogen-bond donors (Lipinski definition) is 0. The first-order valence-electron chi connectivity index (χ1n) is 7.54. The lowest BCUT2D eigenvalue weighted by Crippen LogP contribution is -2.34. The van der Waals surface area contributed by atoms with Crippen LogP contribution in [0.1, 0.15) is 13.8 Å². The van der Waals surface area contributed by atoms with Gasteiger partial charge in [0, 0.05) is 19.7 Å². The first kappa shape index (κ1) is 19.2. The predicted molar refractivity (Wildman–Crippen MR) is 89.5 cm³/mol. The molecule has 0 bridgehead atoms. The SMILES string of the molecule is CC(C)[C@H](Sc1nnc(-c2ccc(OC(F)F)cc2)o1)C(=O)N(C)C. The number of alkyl halides is 2. The van der Waals surface area contributed by atoms with E-state index in [0.717, 1.165) is 0 Å². The Balaban J connectivity index is 2.12. The number of carbonyl (C=O) groups is 1. The maximum Gasteiger partial charge on any atom is 0.387 e. The van der Waals surface area contributed by atoms with Gasteiger partial charge in [0.1, 0.15) is 5.75 Å². The molecule has 0 saturated heterocycles. The van der Waals surface area contributed by atoms with Gasteiger partial charge in [-0.15, -0.1) is 10.2 Å². The molecule has 0 radical (unpaired) electrons. The monoisotopic (exact) mass is 371 g/mol. The average molecular weight is 371 g/mol. The number of ether oxygens (including phenoxy) is 1. The zero-order valence-electron chi connectivity index (χ0n) is 14.3. The Morgan fingerprint density at radius 3 is 2.36 bits per heavy atom. The van der Waals surface area contributed by atoms with Crippen molar-refractivity contribution in [2.45, 2.75) is 30.9 Å². The van der Waals surface area contributed by atoms with Gasteiger partial charge in [-0.3, -0.25) is 4.79 Å². The highest BCUT2D eigenvalue weighted by atomic mass is 32.2. The van der Waals surface area contributed by atoms with Gasteiger partial charge in [0.25, 0.3) is 5.22 Å². The number of nitrogens with zero attached hydrogens (tertiary/aromatic N) is 3. The number of aromatic nitrogens is 2. The number of hydrogen-bond acceptors (Lipinski definition) is 6. The first-order valence-corrected chi connectivity index (χ1v) is 8.42. The van der Waals surface area contributed by atoms with Crippen LogP contribution in [0.15, 0.2) is 33.9 Å². The highest BCUT2D eigenvalue weighted by Gasteiger charge is 2.27. The van der Waals surface area contributed by atoms with Crippen LogP contribution >= 0.6 is 11.8 Å². The Kier molecular flexibility index (Phi) is 6.35. The van der Waals surface area contributed by atoms with Gasteiger partial charge < -0.3 is 14.1 Å². The van der Waals surface area contributed by atoms with Crippen LogP contribution in [0.25, 0.3) is 11.5 Å². The molecule has 2 rings (SSSR count). The van der Waals surface area contributed by atoms with E-state index in [0.29, 0.717) is 5.56 Å². The van der Waals surface area contributed by atoms with E-state index in [4.69, 9.17) is 4.42 Å². The second kappa shape index (κ2) is 8.28. The number of rotatable bonds is 7. The van der Waals surface area contributed by atoms with Crippen LogP contribution in [-0.2, 0) is 4.79 Å². The maximum absolute atomic E-state index is 12.2. The molecule has 25 heavy (non-hydrogen) atoms. The molecule has 0 saturated carbocycles. The largest absolute Gasteiger partial charge is 0.435 e. The number of halogens is 2. The summed E-state index contributed by atoms with van der Waals surface area (Å²) in [6, 6.07) is 5.88. The fourth-order valence-corrected chi connectivity index (χ4v) is 3.00. The Bertz CT molecular complexity index is 705. The van der Waals surface area contributed by atoms with Gasteiger partial charge in [-0.2, -0.15) is 8.78 Å². The van der Waals surface area contributed by atoms with E-state index in [9.17, 15) is 13.6 Å². The highest BCUT2D eigenvalue weighted by Crippen LogP contribution is 2.31. The average Bonchev–Trinajstić information content (AvgIpc) is 3.00. The second-order valence-electron chi connectivity index (χ2n) is 5.79. The normalized spacial score (nSPS) is 12.5. The van der Waals surface area contributed by atoms with Gasteiger partial charge in [-0.25, -0.2) is 0 Å². The van der Waals surface area contributed by atoms with E-state index < -0.39 is 6.61 Å². The summed E-state index contributed by atoms with van der Waals surface area (Å²) in [5.74, 6) is 0.338. The Hall–Kier alpha value is -2.16. The Morgan fingerprint density at radius 1 is 1.20 bits per heavy atom. The molecule has 1 aromatic carbocycles. The zero-order valence-corrected chi connectivity index (χ0v) is 15.1. The molecule has 1 aromatic heterocycles. The molecule has 0 N–H and O–H groups in total. The fraction of sp³-hybridized carbons (Fsp3) is 0.438. The third-order valence-corrected chi connectivity index (χ3v) is 4.62. The maximum atomic E-state index is 12.2. The van der Waals surface area contributed by atoms with Gasteiger partial charge in [0.05, 0.1) is 5.25 Å².